The molecule has 0 aliphatic heterocycles. The molecule has 0 unspecified atom stereocenters. The lowest BCUT2D eigenvalue weighted by atomic mass is 10.2. The van der Waals surface area contributed by atoms with Crippen LogP contribution in [0.15, 0.2) is 47.2 Å². The van der Waals surface area contributed by atoms with E-state index in [0.29, 0.717) is 22.3 Å². The lowest BCUT2D eigenvalue weighted by Gasteiger charge is -2.09. The molecule has 100 valence electrons. The number of nitrogen functional groups attached to an aromatic ring is 1. The van der Waals surface area contributed by atoms with Gasteiger partial charge in [-0.2, -0.15) is 0 Å². The summed E-state index contributed by atoms with van der Waals surface area (Å²) in [4.78, 5) is 8.33. The normalized spacial score (nSPS) is 10.7. The molecule has 0 radical (unpaired) electrons. The van der Waals surface area contributed by atoms with Crippen LogP contribution in [-0.2, 0) is 0 Å². The van der Waals surface area contributed by atoms with Crippen molar-refractivity contribution >= 4 is 44.1 Å². The van der Waals surface area contributed by atoms with Crippen LogP contribution < -0.4 is 10.5 Å². The van der Waals surface area contributed by atoms with Crippen LogP contribution in [0.3, 0.4) is 0 Å². The van der Waals surface area contributed by atoms with Crippen molar-refractivity contribution in [2.75, 3.05) is 5.73 Å². The molecule has 3 aromatic rings. The number of anilines is 1. The van der Waals surface area contributed by atoms with Crippen molar-refractivity contribution in [1.82, 2.24) is 9.97 Å². The Morgan fingerprint density at radius 2 is 1.95 bits per heavy atom. The highest BCUT2D eigenvalue weighted by Crippen LogP contribution is 2.33. The maximum Gasteiger partial charge on any atom is 0.230 e. The van der Waals surface area contributed by atoms with Crippen LogP contribution in [-0.4, -0.2) is 9.97 Å². The van der Waals surface area contributed by atoms with Crippen molar-refractivity contribution in [1.29, 1.82) is 0 Å². The van der Waals surface area contributed by atoms with Gasteiger partial charge < -0.3 is 10.5 Å². The second-order valence-corrected chi connectivity index (χ2v) is 5.46. The fourth-order valence-corrected chi connectivity index (χ4v) is 2.29. The molecule has 0 aliphatic rings. The Morgan fingerprint density at radius 1 is 1.10 bits per heavy atom. The number of rotatable bonds is 2. The molecule has 0 atom stereocenters. The summed E-state index contributed by atoms with van der Waals surface area (Å²) in [6.45, 7) is 0. The van der Waals surface area contributed by atoms with Gasteiger partial charge in [0.2, 0.25) is 5.88 Å². The third-order valence-electron chi connectivity index (χ3n) is 2.72. The number of aromatic nitrogens is 2. The molecule has 1 aromatic heterocycles. The Balaban J connectivity index is 2.09. The average molecular weight is 351 g/mol. The maximum absolute atomic E-state index is 6.11. The standard InChI is InChI=1S/C14H9BrClN3O/c15-8-1-4-11(16)13(5-8)20-14-10-3-2-9(17)6-12(10)18-7-19-14/h1-7H,17H2. The number of benzene rings is 2. The summed E-state index contributed by atoms with van der Waals surface area (Å²) in [7, 11) is 0. The molecule has 0 saturated heterocycles. The van der Waals surface area contributed by atoms with Crippen LogP contribution in [0.2, 0.25) is 5.02 Å². The second kappa shape index (κ2) is 5.26. The lowest BCUT2D eigenvalue weighted by molar-refractivity contribution is 0.468. The van der Waals surface area contributed by atoms with Crippen LogP contribution >= 0.6 is 27.5 Å². The second-order valence-electron chi connectivity index (χ2n) is 4.13. The van der Waals surface area contributed by atoms with E-state index in [1.165, 1.54) is 6.33 Å². The molecule has 3 rings (SSSR count). The zero-order chi connectivity index (χ0) is 14.1. The molecule has 0 amide bonds. The third-order valence-corrected chi connectivity index (χ3v) is 3.53. The van der Waals surface area contributed by atoms with E-state index in [0.717, 1.165) is 15.4 Å². The van der Waals surface area contributed by atoms with Gasteiger partial charge in [-0.1, -0.05) is 27.5 Å². The van der Waals surface area contributed by atoms with Gasteiger partial charge in [-0.15, -0.1) is 0 Å². The van der Waals surface area contributed by atoms with Crippen molar-refractivity contribution in [2.24, 2.45) is 0 Å². The van der Waals surface area contributed by atoms with E-state index in [1.807, 2.05) is 12.1 Å². The summed E-state index contributed by atoms with van der Waals surface area (Å²) in [6.07, 6.45) is 1.43. The summed E-state index contributed by atoms with van der Waals surface area (Å²) < 4.78 is 6.66. The van der Waals surface area contributed by atoms with E-state index in [9.17, 15) is 0 Å². The summed E-state index contributed by atoms with van der Waals surface area (Å²) in [6, 6.07) is 10.8. The first-order valence-electron chi connectivity index (χ1n) is 5.76. The molecule has 0 aliphatic carbocycles. The number of fused-ring (bicyclic) bond motifs is 1. The first-order valence-corrected chi connectivity index (χ1v) is 6.94. The monoisotopic (exact) mass is 349 g/mol. The van der Waals surface area contributed by atoms with Crippen molar-refractivity contribution in [3.05, 3.63) is 52.2 Å². The number of halogens is 2. The highest BCUT2D eigenvalue weighted by molar-refractivity contribution is 9.10. The highest BCUT2D eigenvalue weighted by Gasteiger charge is 2.09. The van der Waals surface area contributed by atoms with E-state index >= 15 is 0 Å². The van der Waals surface area contributed by atoms with Gasteiger partial charge in [0.1, 0.15) is 12.1 Å². The van der Waals surface area contributed by atoms with E-state index in [2.05, 4.69) is 25.9 Å². The van der Waals surface area contributed by atoms with E-state index in [-0.39, 0.29) is 0 Å². The molecule has 0 fully saturated rings. The van der Waals surface area contributed by atoms with Crippen molar-refractivity contribution in [2.45, 2.75) is 0 Å². The van der Waals surface area contributed by atoms with Gasteiger partial charge in [-0.05, 0) is 36.4 Å². The van der Waals surface area contributed by atoms with Crippen molar-refractivity contribution < 1.29 is 4.74 Å². The van der Waals surface area contributed by atoms with E-state index in [1.54, 1.807) is 24.3 Å². The molecule has 6 heteroatoms. The Hall–Kier alpha value is -1.85. The van der Waals surface area contributed by atoms with Crippen molar-refractivity contribution in [3.8, 4) is 11.6 Å². The third kappa shape index (κ3) is 2.55. The minimum Gasteiger partial charge on any atom is -0.437 e. The topological polar surface area (TPSA) is 61.0 Å². The van der Waals surface area contributed by atoms with Gasteiger partial charge in [0, 0.05) is 10.2 Å². The molecule has 1 heterocycles. The van der Waals surface area contributed by atoms with Crippen LogP contribution in [0.25, 0.3) is 10.9 Å². The first kappa shape index (κ1) is 13.1. The van der Waals surface area contributed by atoms with Gasteiger partial charge in [0.25, 0.3) is 0 Å². The Labute approximate surface area is 128 Å². The Kier molecular flexibility index (Phi) is 3.46. The summed E-state index contributed by atoms with van der Waals surface area (Å²) in [5.41, 5.74) is 7.11. The van der Waals surface area contributed by atoms with Gasteiger partial charge in [-0.3, -0.25) is 0 Å². The molecular formula is C14H9BrClN3O. The van der Waals surface area contributed by atoms with Crippen LogP contribution in [0.5, 0.6) is 11.6 Å². The molecule has 4 nitrogen and oxygen atoms in total. The average Bonchev–Trinajstić information content (AvgIpc) is 2.43. The molecule has 0 spiro atoms. The molecule has 2 N–H and O–H groups in total. The minimum absolute atomic E-state index is 0.440. The molecule has 0 bridgehead atoms. The van der Waals surface area contributed by atoms with Crippen LogP contribution in [0.4, 0.5) is 5.69 Å². The quantitative estimate of drug-likeness (QED) is 0.695. The summed E-state index contributed by atoms with van der Waals surface area (Å²) in [5.74, 6) is 0.966. The molecule has 0 saturated carbocycles. The first-order chi connectivity index (χ1) is 9.63. The predicted molar refractivity (Wildman–Crippen MR) is 83.2 cm³/mol. The highest BCUT2D eigenvalue weighted by atomic mass is 79.9. The van der Waals surface area contributed by atoms with Crippen LogP contribution in [0, 0.1) is 0 Å². The van der Waals surface area contributed by atoms with E-state index < -0.39 is 0 Å². The van der Waals surface area contributed by atoms with Gasteiger partial charge >= 0.3 is 0 Å². The zero-order valence-electron chi connectivity index (χ0n) is 10.2. The van der Waals surface area contributed by atoms with Gasteiger partial charge in [0.15, 0.2) is 0 Å². The predicted octanol–water partition coefficient (Wildman–Crippen LogP) is 4.42. The number of hydrogen-bond acceptors (Lipinski definition) is 4. The Morgan fingerprint density at radius 3 is 2.80 bits per heavy atom. The van der Waals surface area contributed by atoms with E-state index in [4.69, 9.17) is 22.1 Å². The fraction of sp³-hybridized carbons (Fsp3) is 0. The minimum atomic E-state index is 0.440. The number of ether oxygens (including phenoxy) is 1. The van der Waals surface area contributed by atoms with Gasteiger partial charge in [-0.25, -0.2) is 9.97 Å². The van der Waals surface area contributed by atoms with Crippen molar-refractivity contribution in [3.63, 3.8) is 0 Å². The molecular weight excluding hydrogens is 342 g/mol. The smallest absolute Gasteiger partial charge is 0.230 e. The van der Waals surface area contributed by atoms with Gasteiger partial charge in [0.05, 0.1) is 15.9 Å². The number of hydrogen-bond donors (Lipinski definition) is 1. The number of nitrogens with zero attached hydrogens (tertiary/aromatic N) is 2. The number of nitrogens with two attached hydrogens (primary N) is 1. The summed E-state index contributed by atoms with van der Waals surface area (Å²) in [5, 5.41) is 1.29. The Bertz CT molecular complexity index is 794. The maximum atomic E-state index is 6.11. The SMILES string of the molecule is Nc1ccc2c(Oc3cc(Br)ccc3Cl)ncnc2c1. The zero-order valence-corrected chi connectivity index (χ0v) is 12.5. The fourth-order valence-electron chi connectivity index (χ4n) is 1.79. The lowest BCUT2D eigenvalue weighted by Crippen LogP contribution is -1.93. The summed E-state index contributed by atoms with van der Waals surface area (Å²) >= 11 is 9.49. The largest absolute Gasteiger partial charge is 0.437 e. The van der Waals surface area contributed by atoms with Crippen LogP contribution in [0.1, 0.15) is 0 Å². The molecule has 20 heavy (non-hydrogen) atoms. The molecule has 2 aromatic carbocycles.